The van der Waals surface area contributed by atoms with Gasteiger partial charge in [0.1, 0.15) is 5.65 Å². The number of hydrogen-bond donors (Lipinski definition) is 1. The largest absolute Gasteiger partial charge is 0.433 e. The van der Waals surface area contributed by atoms with Crippen LogP contribution >= 0.6 is 0 Å². The van der Waals surface area contributed by atoms with Gasteiger partial charge in [0, 0.05) is 36.5 Å². The van der Waals surface area contributed by atoms with E-state index in [2.05, 4.69) is 4.98 Å². The highest BCUT2D eigenvalue weighted by molar-refractivity contribution is 5.95. The number of nitrogens with zero attached hydrogens (tertiary/aromatic N) is 3. The molecule has 1 aromatic carbocycles. The molecule has 1 amide bonds. The summed E-state index contributed by atoms with van der Waals surface area (Å²) in [6.45, 7) is 2.84. The Kier molecular flexibility index (Phi) is 5.54. The summed E-state index contributed by atoms with van der Waals surface area (Å²) in [5, 5.41) is 10.3. The number of rotatable bonds is 3. The molecule has 1 aliphatic heterocycles. The van der Waals surface area contributed by atoms with E-state index in [1.165, 1.54) is 6.20 Å². The van der Waals surface area contributed by atoms with Crippen LogP contribution in [-0.2, 0) is 6.18 Å². The number of halogens is 3. The molecule has 0 saturated carbocycles. The average Bonchev–Trinajstić information content (AvgIpc) is 2.78. The fourth-order valence-corrected chi connectivity index (χ4v) is 3.95. The van der Waals surface area contributed by atoms with Crippen LogP contribution in [0.3, 0.4) is 0 Å². The highest BCUT2D eigenvalue weighted by Gasteiger charge is 2.34. The Hall–Kier alpha value is -3.20. The van der Waals surface area contributed by atoms with Gasteiger partial charge in [-0.3, -0.25) is 14.0 Å². The van der Waals surface area contributed by atoms with Gasteiger partial charge in [-0.1, -0.05) is 19.1 Å². The second kappa shape index (κ2) is 8.05. The molecule has 4 rings (SSSR count). The molecule has 9 heteroatoms. The minimum Gasteiger partial charge on any atom is -0.390 e. The first-order valence-corrected chi connectivity index (χ1v) is 10.3. The molecule has 6 nitrogen and oxygen atoms in total. The van der Waals surface area contributed by atoms with E-state index in [1.54, 1.807) is 41.3 Å². The smallest absolute Gasteiger partial charge is 0.390 e. The lowest BCUT2D eigenvalue weighted by molar-refractivity contribution is -0.141. The van der Waals surface area contributed by atoms with Gasteiger partial charge in [-0.05, 0) is 49.1 Å². The molecule has 32 heavy (non-hydrogen) atoms. The number of amides is 1. The maximum atomic E-state index is 13.2. The summed E-state index contributed by atoms with van der Waals surface area (Å²) in [5.41, 5.74) is -1.59. The van der Waals surface area contributed by atoms with E-state index >= 15 is 0 Å². The average molecular weight is 445 g/mol. The summed E-state index contributed by atoms with van der Waals surface area (Å²) in [7, 11) is 0. The number of hydrogen-bond acceptors (Lipinski definition) is 4. The zero-order valence-electron chi connectivity index (χ0n) is 17.4. The van der Waals surface area contributed by atoms with Crippen molar-refractivity contribution in [2.75, 3.05) is 13.1 Å². The molecular weight excluding hydrogens is 423 g/mol. The van der Waals surface area contributed by atoms with Crippen LogP contribution in [0.25, 0.3) is 16.8 Å². The number of carbonyl (C=O) groups excluding carboxylic acids is 1. The Morgan fingerprint density at radius 3 is 2.41 bits per heavy atom. The molecule has 0 atom stereocenters. The molecule has 0 bridgehead atoms. The van der Waals surface area contributed by atoms with E-state index < -0.39 is 23.0 Å². The Balaban J connectivity index is 1.64. The van der Waals surface area contributed by atoms with Crippen LogP contribution in [0.5, 0.6) is 0 Å². The molecular formula is C23H22F3N3O3. The van der Waals surface area contributed by atoms with Gasteiger partial charge in [0.05, 0.1) is 5.60 Å². The Labute approximate surface area is 181 Å². The molecule has 1 N–H and O–H groups in total. The maximum absolute atomic E-state index is 13.2. The summed E-state index contributed by atoms with van der Waals surface area (Å²) < 4.78 is 40.5. The van der Waals surface area contributed by atoms with Gasteiger partial charge in [0.15, 0.2) is 5.69 Å². The SMILES string of the molecule is CCC1(O)CCN(C(=O)c2ccc(-c3cccn4c(=O)cc(C(F)(F)F)nc34)cc2)CC1. The van der Waals surface area contributed by atoms with Gasteiger partial charge in [-0.25, -0.2) is 4.98 Å². The number of likely N-dealkylation sites (tertiary alicyclic amines) is 1. The molecule has 168 valence electrons. The van der Waals surface area contributed by atoms with E-state index in [0.29, 0.717) is 55.1 Å². The van der Waals surface area contributed by atoms with E-state index in [0.717, 1.165) is 4.40 Å². The van der Waals surface area contributed by atoms with Gasteiger partial charge >= 0.3 is 6.18 Å². The summed E-state index contributed by atoms with van der Waals surface area (Å²) in [4.78, 5) is 30.4. The van der Waals surface area contributed by atoms with Crippen LogP contribution in [0.15, 0.2) is 53.5 Å². The van der Waals surface area contributed by atoms with Crippen molar-refractivity contribution in [3.8, 4) is 11.1 Å². The number of piperidine rings is 1. The first kappa shape index (κ1) is 22.0. The lowest BCUT2D eigenvalue weighted by atomic mass is 9.89. The topological polar surface area (TPSA) is 74.9 Å². The Morgan fingerprint density at radius 2 is 1.81 bits per heavy atom. The van der Waals surface area contributed by atoms with Crippen LogP contribution in [0, 0.1) is 0 Å². The molecule has 0 unspecified atom stereocenters. The normalized spacial score (nSPS) is 16.3. The first-order valence-electron chi connectivity index (χ1n) is 10.3. The number of carbonyl (C=O) groups is 1. The third kappa shape index (κ3) is 4.12. The summed E-state index contributed by atoms with van der Waals surface area (Å²) in [6, 6.07) is 10.1. The second-order valence-corrected chi connectivity index (χ2v) is 8.04. The Morgan fingerprint density at radius 1 is 1.16 bits per heavy atom. The maximum Gasteiger partial charge on any atom is 0.433 e. The molecule has 3 heterocycles. The predicted octanol–water partition coefficient (Wildman–Crippen LogP) is 3.76. The number of benzene rings is 1. The third-order valence-electron chi connectivity index (χ3n) is 6.06. The third-order valence-corrected chi connectivity index (χ3v) is 6.06. The van der Waals surface area contributed by atoms with Gasteiger partial charge in [-0.2, -0.15) is 13.2 Å². The molecule has 0 radical (unpaired) electrons. The van der Waals surface area contributed by atoms with Crippen LogP contribution in [0.2, 0.25) is 0 Å². The molecule has 1 aliphatic rings. The summed E-state index contributed by atoms with van der Waals surface area (Å²) in [6.07, 6.45) is -1.70. The van der Waals surface area contributed by atoms with Crippen LogP contribution in [0.4, 0.5) is 13.2 Å². The zero-order valence-corrected chi connectivity index (χ0v) is 17.4. The molecule has 0 spiro atoms. The fraction of sp³-hybridized carbons (Fsp3) is 0.348. The lowest BCUT2D eigenvalue weighted by Gasteiger charge is -2.37. The molecule has 2 aromatic heterocycles. The van der Waals surface area contributed by atoms with Crippen LogP contribution in [-0.4, -0.2) is 44.0 Å². The van der Waals surface area contributed by atoms with Gasteiger partial charge < -0.3 is 10.0 Å². The van der Waals surface area contributed by atoms with E-state index in [1.807, 2.05) is 6.92 Å². The standard InChI is InChI=1S/C23H22F3N3O3/c1-2-22(32)9-12-28(13-10-22)21(31)16-7-5-15(6-8-16)17-4-3-11-29-19(30)14-18(23(24,25)26)27-20(17)29/h3-8,11,14,32H,2,9-10,12-13H2,1H3. The lowest BCUT2D eigenvalue weighted by Crippen LogP contribution is -2.46. The quantitative estimate of drug-likeness (QED) is 0.666. The molecule has 3 aromatic rings. The van der Waals surface area contributed by atoms with Crippen molar-refractivity contribution in [2.45, 2.75) is 38.0 Å². The molecule has 0 aliphatic carbocycles. The zero-order chi connectivity index (χ0) is 23.1. The molecule has 1 fully saturated rings. The van der Waals surface area contributed by atoms with Gasteiger partial charge in [-0.15, -0.1) is 0 Å². The highest BCUT2D eigenvalue weighted by atomic mass is 19.4. The summed E-state index contributed by atoms with van der Waals surface area (Å²) >= 11 is 0. The first-order chi connectivity index (χ1) is 15.1. The van der Waals surface area contributed by atoms with Crippen LogP contribution < -0.4 is 5.56 Å². The number of fused-ring (bicyclic) bond motifs is 1. The summed E-state index contributed by atoms with van der Waals surface area (Å²) in [5.74, 6) is -0.165. The minimum absolute atomic E-state index is 0.110. The number of alkyl halides is 3. The van der Waals surface area contributed by atoms with Gasteiger partial charge in [0.2, 0.25) is 0 Å². The highest BCUT2D eigenvalue weighted by Crippen LogP contribution is 2.30. The second-order valence-electron chi connectivity index (χ2n) is 8.04. The Bertz CT molecular complexity index is 1210. The van der Waals surface area contributed by atoms with E-state index in [-0.39, 0.29) is 11.6 Å². The van der Waals surface area contributed by atoms with Crippen molar-refractivity contribution in [3.63, 3.8) is 0 Å². The van der Waals surface area contributed by atoms with Crippen LogP contribution in [0.1, 0.15) is 42.2 Å². The van der Waals surface area contributed by atoms with Crippen molar-refractivity contribution in [1.29, 1.82) is 0 Å². The monoisotopic (exact) mass is 445 g/mol. The van der Waals surface area contributed by atoms with Crippen molar-refractivity contribution in [3.05, 3.63) is 70.3 Å². The number of aromatic nitrogens is 2. The minimum atomic E-state index is -4.74. The number of pyridine rings is 1. The predicted molar refractivity (Wildman–Crippen MR) is 112 cm³/mol. The number of aliphatic hydroxyl groups is 1. The van der Waals surface area contributed by atoms with Gasteiger partial charge in [0.25, 0.3) is 11.5 Å². The van der Waals surface area contributed by atoms with Crippen molar-refractivity contribution in [2.24, 2.45) is 0 Å². The van der Waals surface area contributed by atoms with Crippen molar-refractivity contribution >= 4 is 11.6 Å². The van der Waals surface area contributed by atoms with Crippen molar-refractivity contribution in [1.82, 2.24) is 14.3 Å². The van der Waals surface area contributed by atoms with Crippen molar-refractivity contribution < 1.29 is 23.1 Å². The van der Waals surface area contributed by atoms with E-state index in [9.17, 15) is 27.9 Å². The fourth-order valence-electron chi connectivity index (χ4n) is 3.95. The van der Waals surface area contributed by atoms with E-state index in [4.69, 9.17) is 0 Å². The molecule has 1 saturated heterocycles.